The highest BCUT2D eigenvalue weighted by Crippen LogP contribution is 2.24. The van der Waals surface area contributed by atoms with Gasteiger partial charge in [0.25, 0.3) is 0 Å². The average Bonchev–Trinajstić information content (AvgIpc) is 2.78. The first kappa shape index (κ1) is 12.3. The third-order valence-corrected chi connectivity index (χ3v) is 3.34. The second-order valence-electron chi connectivity index (χ2n) is 4.12. The standard InChI is InChI=1S/C11H15ClN4O/c1-2-11(5-3-6-14-11)9(17)16-10-13-7-4-8(12)15-10/h4,7,14H,2-3,5-6H2,1H3,(H,13,15,16,17). The van der Waals surface area contributed by atoms with Crippen molar-refractivity contribution >= 4 is 23.5 Å². The van der Waals surface area contributed by atoms with Gasteiger partial charge >= 0.3 is 0 Å². The van der Waals surface area contributed by atoms with Crippen molar-refractivity contribution in [1.82, 2.24) is 15.3 Å². The molecular weight excluding hydrogens is 240 g/mol. The summed E-state index contributed by atoms with van der Waals surface area (Å²) < 4.78 is 0. The molecule has 1 unspecified atom stereocenters. The van der Waals surface area contributed by atoms with Crippen LogP contribution in [0.15, 0.2) is 12.3 Å². The van der Waals surface area contributed by atoms with Crippen molar-refractivity contribution < 1.29 is 4.79 Å². The summed E-state index contributed by atoms with van der Waals surface area (Å²) in [6.45, 7) is 2.87. The van der Waals surface area contributed by atoms with Gasteiger partial charge in [-0.25, -0.2) is 9.97 Å². The minimum Gasteiger partial charge on any atom is -0.303 e. The number of aromatic nitrogens is 2. The van der Waals surface area contributed by atoms with Crippen LogP contribution in [0.2, 0.25) is 5.15 Å². The summed E-state index contributed by atoms with van der Waals surface area (Å²) in [5.41, 5.74) is -0.480. The van der Waals surface area contributed by atoms with E-state index in [0.29, 0.717) is 5.15 Å². The third kappa shape index (κ3) is 2.56. The van der Waals surface area contributed by atoms with Crippen molar-refractivity contribution in [3.05, 3.63) is 17.4 Å². The molecule has 2 heterocycles. The fourth-order valence-electron chi connectivity index (χ4n) is 2.08. The maximum Gasteiger partial charge on any atom is 0.247 e. The third-order valence-electron chi connectivity index (χ3n) is 3.13. The molecule has 0 aliphatic carbocycles. The van der Waals surface area contributed by atoms with Crippen molar-refractivity contribution in [2.45, 2.75) is 31.7 Å². The maximum absolute atomic E-state index is 12.2. The van der Waals surface area contributed by atoms with Crippen LogP contribution in [0.3, 0.4) is 0 Å². The molecule has 2 rings (SSSR count). The Morgan fingerprint density at radius 2 is 2.53 bits per heavy atom. The Morgan fingerprint density at radius 1 is 1.71 bits per heavy atom. The Labute approximate surface area is 105 Å². The molecule has 1 aliphatic rings. The lowest BCUT2D eigenvalue weighted by atomic mass is 9.93. The van der Waals surface area contributed by atoms with Crippen molar-refractivity contribution in [3.8, 4) is 0 Å². The summed E-state index contributed by atoms with van der Waals surface area (Å²) in [5, 5.41) is 6.28. The number of nitrogens with zero attached hydrogens (tertiary/aromatic N) is 2. The second kappa shape index (κ2) is 4.98. The van der Waals surface area contributed by atoms with Gasteiger partial charge in [-0.15, -0.1) is 0 Å². The summed E-state index contributed by atoms with van der Waals surface area (Å²) >= 11 is 5.74. The van der Waals surface area contributed by atoms with Crippen LogP contribution in [-0.4, -0.2) is 28.0 Å². The van der Waals surface area contributed by atoms with Crippen molar-refractivity contribution in [3.63, 3.8) is 0 Å². The average molecular weight is 255 g/mol. The number of halogens is 1. The first-order chi connectivity index (χ1) is 8.16. The number of amides is 1. The molecule has 0 radical (unpaired) electrons. The predicted molar refractivity (Wildman–Crippen MR) is 65.9 cm³/mol. The van der Waals surface area contributed by atoms with Crippen LogP contribution >= 0.6 is 11.6 Å². The molecule has 0 saturated carbocycles. The van der Waals surface area contributed by atoms with E-state index >= 15 is 0 Å². The smallest absolute Gasteiger partial charge is 0.247 e. The lowest BCUT2D eigenvalue weighted by Crippen LogP contribution is -2.50. The molecular formula is C11H15ClN4O. The molecule has 2 N–H and O–H groups in total. The summed E-state index contributed by atoms with van der Waals surface area (Å²) in [5.74, 6) is 0.170. The van der Waals surface area contributed by atoms with E-state index in [1.807, 2.05) is 6.92 Å². The van der Waals surface area contributed by atoms with E-state index in [9.17, 15) is 4.79 Å². The first-order valence-electron chi connectivity index (χ1n) is 5.71. The minimum atomic E-state index is -0.480. The van der Waals surface area contributed by atoms with E-state index in [1.54, 1.807) is 6.07 Å². The van der Waals surface area contributed by atoms with Crippen LogP contribution in [0.1, 0.15) is 26.2 Å². The van der Waals surface area contributed by atoms with Gasteiger partial charge < -0.3 is 5.32 Å². The number of hydrogen-bond donors (Lipinski definition) is 2. The van der Waals surface area contributed by atoms with Crippen LogP contribution in [0.5, 0.6) is 0 Å². The molecule has 1 aromatic rings. The second-order valence-corrected chi connectivity index (χ2v) is 4.51. The Bertz CT molecular complexity index is 418. The van der Waals surface area contributed by atoms with E-state index in [1.165, 1.54) is 6.20 Å². The number of nitrogens with one attached hydrogen (secondary N) is 2. The fourth-order valence-corrected chi connectivity index (χ4v) is 2.22. The summed E-state index contributed by atoms with van der Waals surface area (Å²) in [4.78, 5) is 20.1. The highest BCUT2D eigenvalue weighted by atomic mass is 35.5. The largest absolute Gasteiger partial charge is 0.303 e. The topological polar surface area (TPSA) is 66.9 Å². The van der Waals surface area contributed by atoms with Crippen LogP contribution in [0.25, 0.3) is 0 Å². The Morgan fingerprint density at radius 3 is 3.12 bits per heavy atom. The highest BCUT2D eigenvalue weighted by Gasteiger charge is 2.39. The predicted octanol–water partition coefficient (Wildman–Crippen LogP) is 1.60. The van der Waals surface area contributed by atoms with Crippen LogP contribution in [-0.2, 0) is 4.79 Å². The Kier molecular flexibility index (Phi) is 3.59. The van der Waals surface area contributed by atoms with Crippen molar-refractivity contribution in [2.24, 2.45) is 0 Å². The normalized spacial score (nSPS) is 23.6. The molecule has 1 amide bonds. The van der Waals surface area contributed by atoms with Gasteiger partial charge in [-0.1, -0.05) is 18.5 Å². The Hall–Kier alpha value is -1.20. The lowest BCUT2D eigenvalue weighted by Gasteiger charge is -2.26. The molecule has 0 spiro atoms. The van der Waals surface area contributed by atoms with Crippen molar-refractivity contribution in [2.75, 3.05) is 11.9 Å². The molecule has 5 nitrogen and oxygen atoms in total. The fraction of sp³-hybridized carbons (Fsp3) is 0.545. The minimum absolute atomic E-state index is 0.0835. The molecule has 1 aromatic heterocycles. The zero-order valence-corrected chi connectivity index (χ0v) is 10.4. The summed E-state index contributed by atoms with van der Waals surface area (Å²) in [6, 6.07) is 1.57. The summed E-state index contributed by atoms with van der Waals surface area (Å²) in [6.07, 6.45) is 4.12. The highest BCUT2D eigenvalue weighted by molar-refractivity contribution is 6.29. The van der Waals surface area contributed by atoms with Gasteiger partial charge in [-0.2, -0.15) is 0 Å². The van der Waals surface area contributed by atoms with E-state index in [2.05, 4.69) is 20.6 Å². The van der Waals surface area contributed by atoms with Gasteiger partial charge in [0.15, 0.2) is 0 Å². The number of carbonyl (C=O) groups is 1. The van der Waals surface area contributed by atoms with Gasteiger partial charge in [0.2, 0.25) is 11.9 Å². The molecule has 0 bridgehead atoms. The number of anilines is 1. The lowest BCUT2D eigenvalue weighted by molar-refractivity contribution is -0.122. The molecule has 6 heteroatoms. The molecule has 1 fully saturated rings. The monoisotopic (exact) mass is 254 g/mol. The number of rotatable bonds is 3. The molecule has 17 heavy (non-hydrogen) atoms. The molecule has 1 aliphatic heterocycles. The van der Waals surface area contributed by atoms with Gasteiger partial charge in [-0.05, 0) is 31.9 Å². The number of carbonyl (C=O) groups excluding carboxylic acids is 1. The van der Waals surface area contributed by atoms with Gasteiger partial charge in [-0.3, -0.25) is 10.1 Å². The maximum atomic E-state index is 12.2. The van der Waals surface area contributed by atoms with Gasteiger partial charge in [0.1, 0.15) is 5.15 Å². The first-order valence-corrected chi connectivity index (χ1v) is 6.09. The van der Waals surface area contributed by atoms with Crippen LogP contribution in [0.4, 0.5) is 5.95 Å². The number of hydrogen-bond acceptors (Lipinski definition) is 4. The zero-order valence-electron chi connectivity index (χ0n) is 9.66. The summed E-state index contributed by atoms with van der Waals surface area (Å²) in [7, 11) is 0. The Balaban J connectivity index is 2.10. The SMILES string of the molecule is CCC1(C(=O)Nc2nccc(Cl)n2)CCCN1. The quantitative estimate of drug-likeness (QED) is 0.804. The van der Waals surface area contributed by atoms with Gasteiger partial charge in [0, 0.05) is 6.20 Å². The van der Waals surface area contributed by atoms with Crippen LogP contribution < -0.4 is 10.6 Å². The molecule has 1 atom stereocenters. The van der Waals surface area contributed by atoms with E-state index < -0.39 is 5.54 Å². The van der Waals surface area contributed by atoms with Gasteiger partial charge in [0.05, 0.1) is 5.54 Å². The van der Waals surface area contributed by atoms with E-state index in [0.717, 1.165) is 25.8 Å². The molecule has 1 saturated heterocycles. The molecule has 0 aromatic carbocycles. The molecule has 92 valence electrons. The van der Waals surface area contributed by atoms with Crippen LogP contribution in [0, 0.1) is 0 Å². The van der Waals surface area contributed by atoms with E-state index in [4.69, 9.17) is 11.6 Å². The van der Waals surface area contributed by atoms with Crippen molar-refractivity contribution in [1.29, 1.82) is 0 Å². The van der Waals surface area contributed by atoms with E-state index in [-0.39, 0.29) is 11.9 Å². The zero-order chi connectivity index (χ0) is 12.3.